The molecule has 1 heterocycles. The molecule has 1 rings (SSSR count). The number of likely N-dealkylation sites (tertiary alicyclic amines) is 1. The zero-order chi connectivity index (χ0) is 12.1. The fraction of sp³-hybridized carbons (Fsp3) is 1.00. The van der Waals surface area contributed by atoms with Crippen LogP contribution in [0.2, 0.25) is 0 Å². The van der Waals surface area contributed by atoms with Gasteiger partial charge in [-0.15, -0.1) is 0 Å². The summed E-state index contributed by atoms with van der Waals surface area (Å²) in [6, 6.07) is -0.0716. The predicted octanol–water partition coefficient (Wildman–Crippen LogP) is 0.299. The van der Waals surface area contributed by atoms with Crippen molar-refractivity contribution in [3.8, 4) is 0 Å². The van der Waals surface area contributed by atoms with Gasteiger partial charge in [0.05, 0.1) is 19.3 Å². The van der Waals surface area contributed by atoms with Gasteiger partial charge in [0.15, 0.2) is 0 Å². The van der Waals surface area contributed by atoms with Crippen molar-refractivity contribution in [3.63, 3.8) is 0 Å². The van der Waals surface area contributed by atoms with Crippen LogP contribution in [-0.4, -0.2) is 55.5 Å². The Morgan fingerprint density at radius 3 is 2.38 bits per heavy atom. The molecule has 3 N–H and O–H groups in total. The largest absolute Gasteiger partial charge is 0.395 e. The first-order valence-electron chi connectivity index (χ1n) is 6.17. The average Bonchev–Trinajstić information content (AvgIpc) is 2.17. The zero-order valence-electron chi connectivity index (χ0n) is 10.7. The molecule has 0 amide bonds. The maximum Gasteiger partial charge on any atom is 0.0629 e. The fourth-order valence-corrected chi connectivity index (χ4v) is 2.81. The first kappa shape index (κ1) is 13.9. The molecule has 0 radical (unpaired) electrons. The molecule has 0 bridgehead atoms. The van der Waals surface area contributed by atoms with E-state index in [1.54, 1.807) is 7.11 Å². The van der Waals surface area contributed by atoms with Crippen molar-refractivity contribution in [2.75, 3.05) is 33.4 Å². The third kappa shape index (κ3) is 3.70. The topological polar surface area (TPSA) is 58.7 Å². The summed E-state index contributed by atoms with van der Waals surface area (Å²) in [5.74, 6) is 1.38. The van der Waals surface area contributed by atoms with E-state index in [0.29, 0.717) is 18.4 Å². The highest BCUT2D eigenvalue weighted by atomic mass is 16.5. The molecule has 0 saturated carbocycles. The quantitative estimate of drug-likeness (QED) is 0.713. The number of aliphatic hydroxyl groups excluding tert-OH is 1. The molecule has 4 unspecified atom stereocenters. The van der Waals surface area contributed by atoms with Gasteiger partial charge in [-0.25, -0.2) is 0 Å². The molecule has 1 fully saturated rings. The van der Waals surface area contributed by atoms with Gasteiger partial charge in [0.25, 0.3) is 0 Å². The maximum absolute atomic E-state index is 9.47. The number of piperidine rings is 1. The molecule has 0 aromatic carbocycles. The van der Waals surface area contributed by atoms with Crippen LogP contribution >= 0.6 is 0 Å². The predicted molar refractivity (Wildman–Crippen MR) is 65.2 cm³/mol. The summed E-state index contributed by atoms with van der Waals surface area (Å²) < 4.78 is 5.07. The Bertz CT molecular complexity index is 191. The number of aliphatic hydroxyl groups is 1. The van der Waals surface area contributed by atoms with E-state index in [9.17, 15) is 5.11 Å². The van der Waals surface area contributed by atoms with Crippen molar-refractivity contribution in [1.29, 1.82) is 0 Å². The number of nitrogens with zero attached hydrogens (tertiary/aromatic N) is 1. The van der Waals surface area contributed by atoms with Gasteiger partial charge in [0, 0.05) is 26.2 Å². The minimum Gasteiger partial charge on any atom is -0.395 e. The summed E-state index contributed by atoms with van der Waals surface area (Å²) in [4.78, 5) is 2.32. The molecule has 0 spiro atoms. The van der Waals surface area contributed by atoms with E-state index < -0.39 is 0 Å². The van der Waals surface area contributed by atoms with Crippen molar-refractivity contribution in [2.24, 2.45) is 17.6 Å². The van der Waals surface area contributed by atoms with E-state index in [-0.39, 0.29) is 18.7 Å². The van der Waals surface area contributed by atoms with Crippen LogP contribution in [0.15, 0.2) is 0 Å². The van der Waals surface area contributed by atoms with Crippen molar-refractivity contribution in [3.05, 3.63) is 0 Å². The van der Waals surface area contributed by atoms with Crippen LogP contribution in [0.3, 0.4) is 0 Å². The lowest BCUT2D eigenvalue weighted by Crippen LogP contribution is -2.55. The number of hydrogen-bond donors (Lipinski definition) is 2. The molecule has 1 aliphatic heterocycles. The van der Waals surface area contributed by atoms with Gasteiger partial charge in [-0.3, -0.25) is 4.90 Å². The number of nitrogens with two attached hydrogens (primary N) is 1. The van der Waals surface area contributed by atoms with Crippen LogP contribution in [-0.2, 0) is 4.74 Å². The Kier molecular flexibility index (Phi) is 5.69. The van der Waals surface area contributed by atoms with E-state index in [0.717, 1.165) is 13.1 Å². The molecule has 0 aromatic heterocycles. The smallest absolute Gasteiger partial charge is 0.0629 e. The molecule has 16 heavy (non-hydrogen) atoms. The molecule has 4 heteroatoms. The molecule has 1 saturated heterocycles. The van der Waals surface area contributed by atoms with Crippen molar-refractivity contribution in [2.45, 2.75) is 32.4 Å². The summed E-state index contributed by atoms with van der Waals surface area (Å²) in [6.45, 7) is 7.21. The van der Waals surface area contributed by atoms with Gasteiger partial charge < -0.3 is 15.6 Å². The SMILES string of the molecule is COCC(N)C(CO)N1CC(C)CC(C)C1. The second-order valence-corrected chi connectivity index (χ2v) is 5.27. The lowest BCUT2D eigenvalue weighted by Gasteiger charge is -2.41. The highest BCUT2D eigenvalue weighted by Gasteiger charge is 2.30. The Morgan fingerprint density at radius 1 is 1.38 bits per heavy atom. The van der Waals surface area contributed by atoms with E-state index in [4.69, 9.17) is 10.5 Å². The normalized spacial score (nSPS) is 31.3. The second-order valence-electron chi connectivity index (χ2n) is 5.27. The van der Waals surface area contributed by atoms with Gasteiger partial charge >= 0.3 is 0 Å². The van der Waals surface area contributed by atoms with Crippen LogP contribution in [0.1, 0.15) is 20.3 Å². The van der Waals surface area contributed by atoms with Crippen LogP contribution in [0.4, 0.5) is 0 Å². The summed E-state index contributed by atoms with van der Waals surface area (Å²) >= 11 is 0. The summed E-state index contributed by atoms with van der Waals surface area (Å²) in [7, 11) is 1.65. The molecule has 0 aromatic rings. The number of hydrogen-bond acceptors (Lipinski definition) is 4. The van der Waals surface area contributed by atoms with Gasteiger partial charge in [-0.1, -0.05) is 13.8 Å². The highest BCUT2D eigenvalue weighted by molar-refractivity contribution is 4.86. The first-order chi connectivity index (χ1) is 7.58. The van der Waals surface area contributed by atoms with Crippen LogP contribution in [0.5, 0.6) is 0 Å². The van der Waals surface area contributed by atoms with Crippen LogP contribution in [0, 0.1) is 11.8 Å². The first-order valence-corrected chi connectivity index (χ1v) is 6.17. The third-order valence-electron chi connectivity index (χ3n) is 3.41. The lowest BCUT2D eigenvalue weighted by atomic mass is 9.90. The minimum atomic E-state index is -0.104. The van der Waals surface area contributed by atoms with E-state index >= 15 is 0 Å². The van der Waals surface area contributed by atoms with Crippen molar-refractivity contribution < 1.29 is 9.84 Å². The van der Waals surface area contributed by atoms with E-state index in [1.165, 1.54) is 6.42 Å². The minimum absolute atomic E-state index is 0.0325. The number of methoxy groups -OCH3 is 1. The van der Waals surface area contributed by atoms with Crippen molar-refractivity contribution >= 4 is 0 Å². The van der Waals surface area contributed by atoms with Crippen LogP contribution < -0.4 is 5.73 Å². The summed E-state index contributed by atoms with van der Waals surface area (Å²) in [5.41, 5.74) is 6.03. The van der Waals surface area contributed by atoms with Gasteiger partial charge in [-0.2, -0.15) is 0 Å². The van der Waals surface area contributed by atoms with Gasteiger partial charge in [0.2, 0.25) is 0 Å². The van der Waals surface area contributed by atoms with Crippen LogP contribution in [0.25, 0.3) is 0 Å². The molecular formula is C12H26N2O2. The fourth-order valence-electron chi connectivity index (χ4n) is 2.81. The van der Waals surface area contributed by atoms with Gasteiger partial charge in [0.1, 0.15) is 0 Å². The lowest BCUT2D eigenvalue weighted by molar-refractivity contribution is 0.0306. The second kappa shape index (κ2) is 6.55. The third-order valence-corrected chi connectivity index (χ3v) is 3.41. The van der Waals surface area contributed by atoms with E-state index in [2.05, 4.69) is 18.7 Å². The van der Waals surface area contributed by atoms with Crippen molar-refractivity contribution in [1.82, 2.24) is 4.90 Å². The molecule has 1 aliphatic rings. The number of rotatable bonds is 5. The standard InChI is InChI=1S/C12H26N2O2/c1-9-4-10(2)6-14(5-9)12(7-15)11(13)8-16-3/h9-12,15H,4-8,13H2,1-3H3. The summed E-state index contributed by atoms with van der Waals surface area (Å²) in [5, 5.41) is 9.47. The van der Waals surface area contributed by atoms with Gasteiger partial charge in [-0.05, 0) is 18.3 Å². The Hall–Kier alpha value is -0.160. The Balaban J connectivity index is 2.57. The molecule has 96 valence electrons. The zero-order valence-corrected chi connectivity index (χ0v) is 10.7. The average molecular weight is 230 g/mol. The Labute approximate surface area is 98.8 Å². The monoisotopic (exact) mass is 230 g/mol. The molecular weight excluding hydrogens is 204 g/mol. The van der Waals surface area contributed by atoms with E-state index in [1.807, 2.05) is 0 Å². The maximum atomic E-state index is 9.47. The molecule has 4 nitrogen and oxygen atoms in total. The Morgan fingerprint density at radius 2 is 1.94 bits per heavy atom. The number of ether oxygens (including phenoxy) is 1. The summed E-state index contributed by atoms with van der Waals surface area (Å²) in [6.07, 6.45) is 1.27. The molecule has 0 aliphatic carbocycles. The molecule has 4 atom stereocenters. The highest BCUT2D eigenvalue weighted by Crippen LogP contribution is 2.23.